The van der Waals surface area contributed by atoms with Gasteiger partial charge in [0, 0.05) is 19.3 Å². The molecular weight excluding hydrogens is 242 g/mol. The van der Waals surface area contributed by atoms with E-state index in [1.165, 1.54) is 25.4 Å². The average Bonchev–Trinajstić information content (AvgIpc) is 2.36. The van der Waals surface area contributed by atoms with Gasteiger partial charge in [-0.05, 0) is 19.1 Å². The molecule has 0 aliphatic rings. The van der Waals surface area contributed by atoms with Crippen LogP contribution in [0.1, 0.15) is 12.6 Å². The van der Waals surface area contributed by atoms with Crippen LogP contribution in [0.25, 0.3) is 0 Å². The lowest BCUT2D eigenvalue weighted by atomic mass is 10.4. The minimum atomic E-state index is -3.80. The van der Waals surface area contributed by atoms with E-state index in [9.17, 15) is 8.42 Å². The highest BCUT2D eigenvalue weighted by molar-refractivity contribution is 7.89. The standard InChI is InChI=1S/C10H13N3O3S/c1-8(7-14)13(2)17(15,16)10-4-3-5-12-9(10)6-11/h3-5,8,14H,7H2,1-2H3. The summed E-state index contributed by atoms with van der Waals surface area (Å²) in [5, 5.41) is 17.8. The third-order valence-corrected chi connectivity index (χ3v) is 4.42. The molecule has 7 heteroatoms. The number of pyridine rings is 1. The van der Waals surface area contributed by atoms with Crippen molar-refractivity contribution in [1.29, 1.82) is 5.26 Å². The Bertz CT molecular complexity index is 536. The zero-order valence-electron chi connectivity index (χ0n) is 9.53. The fraction of sp³-hybridized carbons (Fsp3) is 0.400. The SMILES string of the molecule is CC(CO)N(C)S(=O)(=O)c1cccnc1C#N. The first kappa shape index (κ1) is 13.6. The maximum atomic E-state index is 12.1. The number of hydrogen-bond acceptors (Lipinski definition) is 5. The predicted molar refractivity (Wildman–Crippen MR) is 60.4 cm³/mol. The van der Waals surface area contributed by atoms with Crippen molar-refractivity contribution >= 4 is 10.0 Å². The molecule has 0 aliphatic carbocycles. The van der Waals surface area contributed by atoms with Crippen LogP contribution < -0.4 is 0 Å². The monoisotopic (exact) mass is 255 g/mol. The second-order valence-electron chi connectivity index (χ2n) is 3.51. The van der Waals surface area contributed by atoms with Crippen molar-refractivity contribution in [2.45, 2.75) is 17.9 Å². The molecule has 0 aromatic carbocycles. The van der Waals surface area contributed by atoms with Crippen LogP contribution in [0.15, 0.2) is 23.2 Å². The maximum Gasteiger partial charge on any atom is 0.246 e. The lowest BCUT2D eigenvalue weighted by molar-refractivity contribution is 0.214. The van der Waals surface area contributed by atoms with Gasteiger partial charge in [-0.1, -0.05) is 0 Å². The van der Waals surface area contributed by atoms with E-state index in [4.69, 9.17) is 10.4 Å². The molecule has 1 unspecified atom stereocenters. The summed E-state index contributed by atoms with van der Waals surface area (Å²) in [7, 11) is -2.45. The van der Waals surface area contributed by atoms with Gasteiger partial charge >= 0.3 is 0 Å². The van der Waals surface area contributed by atoms with E-state index in [0.29, 0.717) is 0 Å². The van der Waals surface area contributed by atoms with Gasteiger partial charge in [-0.3, -0.25) is 0 Å². The minimum Gasteiger partial charge on any atom is -0.395 e. The number of rotatable bonds is 4. The van der Waals surface area contributed by atoms with Crippen molar-refractivity contribution in [3.05, 3.63) is 24.0 Å². The Hall–Kier alpha value is -1.49. The summed E-state index contributed by atoms with van der Waals surface area (Å²) >= 11 is 0. The number of sulfonamides is 1. The predicted octanol–water partition coefficient (Wildman–Crippen LogP) is -0.0454. The molecule has 0 radical (unpaired) electrons. The van der Waals surface area contributed by atoms with E-state index in [0.717, 1.165) is 4.31 Å². The van der Waals surface area contributed by atoms with Crippen LogP contribution in [-0.2, 0) is 10.0 Å². The molecule has 0 saturated carbocycles. The quantitative estimate of drug-likeness (QED) is 0.814. The summed E-state index contributed by atoms with van der Waals surface area (Å²) < 4.78 is 25.3. The minimum absolute atomic E-state index is 0.148. The maximum absolute atomic E-state index is 12.1. The Morgan fingerprint density at radius 2 is 2.29 bits per heavy atom. The third kappa shape index (κ3) is 2.61. The van der Waals surface area contributed by atoms with Crippen molar-refractivity contribution < 1.29 is 13.5 Å². The first-order chi connectivity index (χ1) is 7.95. The van der Waals surface area contributed by atoms with Gasteiger partial charge in [-0.15, -0.1) is 0 Å². The Morgan fingerprint density at radius 1 is 1.65 bits per heavy atom. The largest absolute Gasteiger partial charge is 0.395 e. The van der Waals surface area contributed by atoms with Crippen molar-refractivity contribution in [3.8, 4) is 6.07 Å². The number of aliphatic hydroxyl groups excluding tert-OH is 1. The highest BCUT2D eigenvalue weighted by atomic mass is 32.2. The van der Waals surface area contributed by atoms with E-state index in [2.05, 4.69) is 4.98 Å². The van der Waals surface area contributed by atoms with Crippen LogP contribution in [0.4, 0.5) is 0 Å². The molecule has 1 N–H and O–H groups in total. The number of aromatic nitrogens is 1. The fourth-order valence-corrected chi connectivity index (χ4v) is 2.63. The molecule has 6 nitrogen and oxygen atoms in total. The second-order valence-corrected chi connectivity index (χ2v) is 5.48. The van der Waals surface area contributed by atoms with Gasteiger partial charge in [0.1, 0.15) is 11.0 Å². The van der Waals surface area contributed by atoms with E-state index < -0.39 is 16.1 Å². The molecule has 1 atom stereocenters. The van der Waals surface area contributed by atoms with Gasteiger partial charge < -0.3 is 5.11 Å². The highest BCUT2D eigenvalue weighted by Gasteiger charge is 2.27. The zero-order valence-corrected chi connectivity index (χ0v) is 10.3. The van der Waals surface area contributed by atoms with Crippen molar-refractivity contribution in [1.82, 2.24) is 9.29 Å². The van der Waals surface area contributed by atoms with E-state index in [1.807, 2.05) is 0 Å². The fourth-order valence-electron chi connectivity index (χ4n) is 1.19. The zero-order chi connectivity index (χ0) is 13.1. The molecule has 0 aliphatic heterocycles. The highest BCUT2D eigenvalue weighted by Crippen LogP contribution is 2.18. The Labute approximate surface area is 100 Å². The average molecular weight is 255 g/mol. The number of hydrogen-bond donors (Lipinski definition) is 1. The summed E-state index contributed by atoms with van der Waals surface area (Å²) in [4.78, 5) is 3.55. The summed E-state index contributed by atoms with van der Waals surface area (Å²) in [6, 6.07) is 3.94. The smallest absolute Gasteiger partial charge is 0.246 e. The van der Waals surface area contributed by atoms with Gasteiger partial charge in [-0.25, -0.2) is 13.4 Å². The first-order valence-corrected chi connectivity index (χ1v) is 6.33. The molecule has 0 amide bonds. The molecule has 92 valence electrons. The van der Waals surface area contributed by atoms with Crippen molar-refractivity contribution in [2.24, 2.45) is 0 Å². The van der Waals surface area contributed by atoms with Crippen LogP contribution in [0.3, 0.4) is 0 Å². The van der Waals surface area contributed by atoms with Crippen LogP contribution in [-0.4, -0.2) is 42.5 Å². The van der Waals surface area contributed by atoms with Gasteiger partial charge in [0.15, 0.2) is 5.69 Å². The van der Waals surface area contributed by atoms with Crippen LogP contribution >= 0.6 is 0 Å². The summed E-state index contributed by atoms with van der Waals surface area (Å²) in [6.07, 6.45) is 1.35. The topological polar surface area (TPSA) is 94.3 Å². The van der Waals surface area contributed by atoms with E-state index in [-0.39, 0.29) is 17.2 Å². The second kappa shape index (κ2) is 5.23. The molecule has 1 aromatic rings. The van der Waals surface area contributed by atoms with E-state index in [1.54, 1.807) is 13.0 Å². The van der Waals surface area contributed by atoms with Gasteiger partial charge in [0.25, 0.3) is 0 Å². The summed E-state index contributed by atoms with van der Waals surface area (Å²) in [6.45, 7) is 1.28. The normalized spacial score (nSPS) is 13.4. The molecule has 0 bridgehead atoms. The number of nitrogens with zero attached hydrogens (tertiary/aromatic N) is 3. The molecule has 17 heavy (non-hydrogen) atoms. The molecule has 1 aromatic heterocycles. The first-order valence-electron chi connectivity index (χ1n) is 4.89. The summed E-state index contributed by atoms with van der Waals surface area (Å²) in [5.41, 5.74) is -0.149. The molecule has 0 saturated heterocycles. The van der Waals surface area contributed by atoms with Gasteiger partial charge in [0.2, 0.25) is 10.0 Å². The molecule has 0 fully saturated rings. The molecule has 1 rings (SSSR count). The number of nitriles is 1. The third-order valence-electron chi connectivity index (χ3n) is 2.42. The van der Waals surface area contributed by atoms with E-state index >= 15 is 0 Å². The number of aliphatic hydroxyl groups is 1. The number of likely N-dealkylation sites (N-methyl/N-ethyl adjacent to an activating group) is 1. The Balaban J connectivity index is 3.28. The summed E-state index contributed by atoms with van der Waals surface area (Å²) in [5.74, 6) is 0. The molecule has 0 spiro atoms. The Morgan fingerprint density at radius 3 is 2.82 bits per heavy atom. The van der Waals surface area contributed by atoms with Crippen molar-refractivity contribution in [2.75, 3.05) is 13.7 Å². The van der Waals surface area contributed by atoms with Crippen LogP contribution in [0.5, 0.6) is 0 Å². The lowest BCUT2D eigenvalue weighted by Crippen LogP contribution is -2.37. The lowest BCUT2D eigenvalue weighted by Gasteiger charge is -2.22. The Kier molecular flexibility index (Phi) is 4.17. The molecular formula is C10H13N3O3S. The van der Waals surface area contributed by atoms with Crippen LogP contribution in [0.2, 0.25) is 0 Å². The van der Waals surface area contributed by atoms with Crippen molar-refractivity contribution in [3.63, 3.8) is 0 Å². The van der Waals surface area contributed by atoms with Crippen LogP contribution in [0, 0.1) is 11.3 Å². The van der Waals surface area contributed by atoms with Gasteiger partial charge in [-0.2, -0.15) is 9.57 Å². The molecule has 1 heterocycles. The van der Waals surface area contributed by atoms with Gasteiger partial charge in [0.05, 0.1) is 6.61 Å².